The highest BCUT2D eigenvalue weighted by Gasteiger charge is 2.12. The second-order valence-electron chi connectivity index (χ2n) is 5.07. The van der Waals surface area contributed by atoms with E-state index in [1.54, 1.807) is 18.2 Å². The SMILES string of the molecule is CCc1ccc2[nH]c(O)c(N=NC(=O)c3cccc(Br)c3)c2c1. The first-order valence-electron chi connectivity index (χ1n) is 7.13. The molecule has 2 aromatic carbocycles. The molecule has 0 unspecified atom stereocenters. The van der Waals surface area contributed by atoms with Crippen molar-refractivity contribution in [1.82, 2.24) is 4.98 Å². The molecule has 0 saturated carbocycles. The van der Waals surface area contributed by atoms with E-state index < -0.39 is 5.91 Å². The molecule has 0 aliphatic carbocycles. The molecule has 116 valence electrons. The number of carbonyl (C=O) groups excluding carboxylic acids is 1. The number of carbonyl (C=O) groups is 1. The van der Waals surface area contributed by atoms with Crippen LogP contribution in [0.3, 0.4) is 0 Å². The Morgan fingerprint density at radius 2 is 2.09 bits per heavy atom. The lowest BCUT2D eigenvalue weighted by Gasteiger charge is -1.97. The molecule has 2 N–H and O–H groups in total. The van der Waals surface area contributed by atoms with Crippen molar-refractivity contribution in [1.29, 1.82) is 0 Å². The molecule has 0 saturated heterocycles. The lowest BCUT2D eigenvalue weighted by Crippen LogP contribution is -1.92. The number of rotatable bonds is 3. The molecule has 0 spiro atoms. The normalized spacial score (nSPS) is 11.4. The summed E-state index contributed by atoms with van der Waals surface area (Å²) in [6.45, 7) is 2.05. The smallest absolute Gasteiger partial charge is 0.295 e. The number of aryl methyl sites for hydroxylation is 1. The predicted molar refractivity (Wildman–Crippen MR) is 92.3 cm³/mol. The number of hydrogen-bond acceptors (Lipinski definition) is 3. The molecule has 5 nitrogen and oxygen atoms in total. The van der Waals surface area contributed by atoms with Gasteiger partial charge in [0.05, 0.1) is 5.52 Å². The number of benzene rings is 2. The van der Waals surface area contributed by atoms with E-state index in [-0.39, 0.29) is 11.6 Å². The first kappa shape index (κ1) is 15.4. The summed E-state index contributed by atoms with van der Waals surface area (Å²) in [5.74, 6) is -0.564. The van der Waals surface area contributed by atoms with E-state index in [2.05, 4.69) is 31.1 Å². The first-order valence-corrected chi connectivity index (χ1v) is 7.93. The molecule has 0 aliphatic heterocycles. The molecular formula is C17H14BrN3O2. The molecule has 3 rings (SSSR count). The van der Waals surface area contributed by atoms with Gasteiger partial charge in [-0.2, -0.15) is 0 Å². The highest BCUT2D eigenvalue weighted by molar-refractivity contribution is 9.10. The van der Waals surface area contributed by atoms with Gasteiger partial charge in [-0.15, -0.1) is 10.2 Å². The van der Waals surface area contributed by atoms with Crippen LogP contribution < -0.4 is 0 Å². The van der Waals surface area contributed by atoms with Gasteiger partial charge in [0.1, 0.15) is 0 Å². The fourth-order valence-corrected chi connectivity index (χ4v) is 2.71. The molecule has 6 heteroatoms. The van der Waals surface area contributed by atoms with E-state index in [0.717, 1.165) is 27.4 Å². The Bertz CT molecular complexity index is 915. The zero-order valence-electron chi connectivity index (χ0n) is 12.4. The van der Waals surface area contributed by atoms with E-state index >= 15 is 0 Å². The number of aromatic amines is 1. The molecule has 0 fully saturated rings. The van der Waals surface area contributed by atoms with Crippen molar-refractivity contribution in [2.75, 3.05) is 0 Å². The third kappa shape index (κ3) is 3.17. The van der Waals surface area contributed by atoms with Crippen LogP contribution in [0.5, 0.6) is 5.88 Å². The molecule has 1 heterocycles. The van der Waals surface area contributed by atoms with E-state index in [0.29, 0.717) is 5.56 Å². The van der Waals surface area contributed by atoms with Crippen LogP contribution >= 0.6 is 15.9 Å². The first-order chi connectivity index (χ1) is 11.1. The van der Waals surface area contributed by atoms with Gasteiger partial charge in [0.25, 0.3) is 5.91 Å². The monoisotopic (exact) mass is 371 g/mol. The van der Waals surface area contributed by atoms with Crippen molar-refractivity contribution in [2.24, 2.45) is 10.2 Å². The quantitative estimate of drug-likeness (QED) is 0.626. The Kier molecular flexibility index (Phi) is 4.25. The summed E-state index contributed by atoms with van der Waals surface area (Å²) < 4.78 is 0.793. The van der Waals surface area contributed by atoms with Crippen molar-refractivity contribution < 1.29 is 9.90 Å². The van der Waals surface area contributed by atoms with Gasteiger partial charge in [-0.05, 0) is 42.3 Å². The average Bonchev–Trinajstić information content (AvgIpc) is 2.87. The van der Waals surface area contributed by atoms with Crippen molar-refractivity contribution in [3.05, 3.63) is 58.1 Å². The fourth-order valence-electron chi connectivity index (χ4n) is 2.31. The fraction of sp³-hybridized carbons (Fsp3) is 0.118. The minimum atomic E-state index is -0.466. The topological polar surface area (TPSA) is 77.8 Å². The van der Waals surface area contributed by atoms with E-state index in [1.807, 2.05) is 31.2 Å². The third-order valence-electron chi connectivity index (χ3n) is 3.54. The lowest BCUT2D eigenvalue weighted by molar-refractivity contribution is 0.0995. The largest absolute Gasteiger partial charge is 0.493 e. The number of fused-ring (bicyclic) bond motifs is 1. The van der Waals surface area contributed by atoms with Crippen LogP contribution in [0.1, 0.15) is 22.8 Å². The van der Waals surface area contributed by atoms with Crippen molar-refractivity contribution in [3.8, 4) is 5.88 Å². The third-order valence-corrected chi connectivity index (χ3v) is 4.03. The number of hydrogen-bond donors (Lipinski definition) is 2. The number of azo groups is 1. The second kappa shape index (κ2) is 6.34. The maximum Gasteiger partial charge on any atom is 0.295 e. The van der Waals surface area contributed by atoms with Crippen LogP contribution in [0.4, 0.5) is 5.69 Å². The Morgan fingerprint density at radius 3 is 2.83 bits per heavy atom. The summed E-state index contributed by atoms with van der Waals surface area (Å²) in [5, 5.41) is 18.4. The van der Waals surface area contributed by atoms with E-state index in [9.17, 15) is 9.90 Å². The number of halogens is 1. The Balaban J connectivity index is 1.97. The molecule has 0 atom stereocenters. The summed E-state index contributed by atoms with van der Waals surface area (Å²) in [4.78, 5) is 14.9. The van der Waals surface area contributed by atoms with Crippen LogP contribution in [0, 0.1) is 0 Å². The molecule has 23 heavy (non-hydrogen) atoms. The summed E-state index contributed by atoms with van der Waals surface area (Å²) in [6.07, 6.45) is 0.870. The minimum absolute atomic E-state index is 0.0981. The number of nitrogens with zero attached hydrogens (tertiary/aromatic N) is 2. The number of H-pyrrole nitrogens is 1. The Labute approximate surface area is 141 Å². The highest BCUT2D eigenvalue weighted by atomic mass is 79.9. The molecule has 0 bridgehead atoms. The summed E-state index contributed by atoms with van der Waals surface area (Å²) in [5.41, 5.74) is 2.57. The molecule has 0 aliphatic rings. The van der Waals surface area contributed by atoms with Gasteiger partial charge < -0.3 is 10.1 Å². The zero-order valence-corrected chi connectivity index (χ0v) is 14.0. The van der Waals surface area contributed by atoms with Crippen LogP contribution in [0.25, 0.3) is 10.9 Å². The summed E-state index contributed by atoms with van der Waals surface area (Å²) in [7, 11) is 0. The van der Waals surface area contributed by atoms with Crippen molar-refractivity contribution in [2.45, 2.75) is 13.3 Å². The van der Waals surface area contributed by atoms with Gasteiger partial charge >= 0.3 is 0 Å². The van der Waals surface area contributed by atoms with E-state index in [4.69, 9.17) is 0 Å². The Hall–Kier alpha value is -2.47. The number of nitrogens with one attached hydrogen (secondary N) is 1. The molecular weight excluding hydrogens is 358 g/mol. The maximum atomic E-state index is 12.1. The molecule has 3 aromatic rings. The van der Waals surface area contributed by atoms with Crippen molar-refractivity contribution >= 4 is 38.4 Å². The van der Waals surface area contributed by atoms with Gasteiger partial charge in [0.15, 0.2) is 5.69 Å². The number of aromatic hydroxyl groups is 1. The van der Waals surface area contributed by atoms with Gasteiger partial charge in [0.2, 0.25) is 5.88 Å². The second-order valence-corrected chi connectivity index (χ2v) is 5.99. The van der Waals surface area contributed by atoms with Crippen LogP contribution in [0.15, 0.2) is 57.2 Å². The van der Waals surface area contributed by atoms with E-state index in [1.165, 1.54) is 0 Å². The molecule has 1 aromatic heterocycles. The van der Waals surface area contributed by atoms with Gasteiger partial charge in [-0.3, -0.25) is 4.79 Å². The highest BCUT2D eigenvalue weighted by Crippen LogP contribution is 2.36. The van der Waals surface area contributed by atoms with Crippen molar-refractivity contribution in [3.63, 3.8) is 0 Å². The maximum absolute atomic E-state index is 12.1. The Morgan fingerprint density at radius 1 is 1.26 bits per heavy atom. The standard InChI is InChI=1S/C17H14BrN3O2/c1-2-10-6-7-14-13(8-10)15(17(23)19-14)20-21-16(22)11-4-3-5-12(18)9-11/h3-9,19,23H,2H2,1H3. The van der Waals surface area contributed by atoms with Gasteiger partial charge in [-0.1, -0.05) is 35.0 Å². The summed E-state index contributed by atoms with van der Waals surface area (Å²) in [6, 6.07) is 12.7. The van der Waals surface area contributed by atoms with Crippen LogP contribution in [0.2, 0.25) is 0 Å². The van der Waals surface area contributed by atoms with Gasteiger partial charge in [-0.25, -0.2) is 0 Å². The predicted octanol–water partition coefficient (Wildman–Crippen LogP) is 5.12. The molecule has 1 amide bonds. The number of amides is 1. The molecule has 0 radical (unpaired) electrons. The van der Waals surface area contributed by atoms with Crippen LogP contribution in [-0.4, -0.2) is 16.0 Å². The minimum Gasteiger partial charge on any atom is -0.493 e. The lowest BCUT2D eigenvalue weighted by atomic mass is 10.1. The number of aromatic nitrogens is 1. The van der Waals surface area contributed by atoms with Crippen LogP contribution in [-0.2, 0) is 6.42 Å². The van der Waals surface area contributed by atoms with Gasteiger partial charge in [0, 0.05) is 15.4 Å². The zero-order chi connectivity index (χ0) is 16.4. The average molecular weight is 372 g/mol. The summed E-state index contributed by atoms with van der Waals surface area (Å²) >= 11 is 3.31.